The average Bonchev–Trinajstić information content (AvgIpc) is 3.19. The third-order valence-electron chi connectivity index (χ3n) is 7.41. The lowest BCUT2D eigenvalue weighted by atomic mass is 9.79. The molecule has 0 radical (unpaired) electrons. The van der Waals surface area contributed by atoms with E-state index in [0.29, 0.717) is 35.9 Å². The fraction of sp³-hybridized carbons (Fsp3) is 0.290. The Bertz CT molecular complexity index is 1400. The minimum Gasteiger partial charge on any atom is -0.465 e. The van der Waals surface area contributed by atoms with Gasteiger partial charge in [-0.1, -0.05) is 74.5 Å². The number of hydrogen-bond acceptors (Lipinski definition) is 3. The molecule has 0 amide bonds. The second-order valence-electron chi connectivity index (χ2n) is 9.87. The summed E-state index contributed by atoms with van der Waals surface area (Å²) in [7, 11) is 1.39. The first-order valence-corrected chi connectivity index (χ1v) is 12.3. The number of benzene rings is 3. The van der Waals surface area contributed by atoms with E-state index in [4.69, 9.17) is 4.74 Å². The summed E-state index contributed by atoms with van der Waals surface area (Å²) in [5.74, 6) is 0.421. The molecule has 0 N–H and O–H groups in total. The largest absolute Gasteiger partial charge is 0.465 e. The van der Waals surface area contributed by atoms with E-state index in [1.165, 1.54) is 23.8 Å². The van der Waals surface area contributed by atoms with Gasteiger partial charge in [-0.3, -0.25) is 4.79 Å². The zero-order valence-corrected chi connectivity index (χ0v) is 20.6. The summed E-state index contributed by atoms with van der Waals surface area (Å²) in [6.07, 6.45) is 2.19. The first-order valence-electron chi connectivity index (χ1n) is 12.3. The van der Waals surface area contributed by atoms with Gasteiger partial charge in [-0.2, -0.15) is 0 Å². The number of esters is 1. The van der Waals surface area contributed by atoms with Crippen LogP contribution in [0.2, 0.25) is 0 Å². The van der Waals surface area contributed by atoms with E-state index >= 15 is 0 Å². The highest BCUT2D eigenvalue weighted by molar-refractivity contribution is 6.16. The third kappa shape index (κ3) is 4.29. The van der Waals surface area contributed by atoms with Crippen molar-refractivity contribution in [3.8, 4) is 0 Å². The molecule has 0 bridgehead atoms. The van der Waals surface area contributed by atoms with Crippen LogP contribution in [0.1, 0.15) is 63.4 Å². The van der Waals surface area contributed by atoms with Crippen molar-refractivity contribution in [1.82, 2.24) is 4.57 Å². The van der Waals surface area contributed by atoms with Gasteiger partial charge >= 0.3 is 5.97 Å². The molecule has 4 aromatic rings. The Hall–Kier alpha value is -3.66. The molecule has 1 unspecified atom stereocenters. The molecule has 1 atom stereocenters. The second-order valence-corrected chi connectivity index (χ2v) is 9.87. The Labute approximate surface area is 206 Å². The van der Waals surface area contributed by atoms with E-state index in [0.717, 1.165) is 29.4 Å². The number of methoxy groups -OCH3 is 1. The maximum absolute atomic E-state index is 13.5. The summed E-state index contributed by atoms with van der Waals surface area (Å²) < 4.78 is 7.35. The lowest BCUT2D eigenvalue weighted by molar-refractivity contribution is 0.0603. The fourth-order valence-corrected chi connectivity index (χ4v) is 5.43. The van der Waals surface area contributed by atoms with Crippen molar-refractivity contribution in [2.75, 3.05) is 7.11 Å². The Morgan fingerprint density at radius 1 is 0.943 bits per heavy atom. The quantitative estimate of drug-likeness (QED) is 0.307. The van der Waals surface area contributed by atoms with Gasteiger partial charge in [-0.25, -0.2) is 4.79 Å². The SMILES string of the molecule is COC(=O)c1cccc2c1c1c(n2Cc2ccccc2Cc2ccccc2)CC(C(C)C)CC1=O. The van der Waals surface area contributed by atoms with Crippen molar-refractivity contribution in [3.63, 3.8) is 0 Å². The number of Topliss-reactive ketones (excluding diaryl/α,β-unsaturated/α-hetero) is 1. The van der Waals surface area contributed by atoms with Crippen LogP contribution in [0.4, 0.5) is 0 Å². The number of aromatic nitrogens is 1. The zero-order valence-electron chi connectivity index (χ0n) is 20.6. The van der Waals surface area contributed by atoms with E-state index < -0.39 is 5.97 Å². The van der Waals surface area contributed by atoms with Crippen LogP contribution in [0.5, 0.6) is 0 Å². The molecule has 1 aliphatic carbocycles. The van der Waals surface area contributed by atoms with Crippen LogP contribution in [0.3, 0.4) is 0 Å². The minimum atomic E-state index is -0.404. The zero-order chi connectivity index (χ0) is 24.5. The van der Waals surface area contributed by atoms with Crippen molar-refractivity contribution in [1.29, 1.82) is 0 Å². The van der Waals surface area contributed by atoms with Gasteiger partial charge in [0.05, 0.1) is 18.2 Å². The minimum absolute atomic E-state index is 0.127. The normalized spacial score (nSPS) is 15.4. The average molecular weight is 466 g/mol. The maximum atomic E-state index is 13.5. The van der Waals surface area contributed by atoms with Gasteiger partial charge in [0.1, 0.15) is 0 Å². The summed E-state index contributed by atoms with van der Waals surface area (Å²) in [5, 5.41) is 0.738. The molecule has 0 aliphatic heterocycles. The summed E-state index contributed by atoms with van der Waals surface area (Å²) >= 11 is 0. The molecular weight excluding hydrogens is 434 g/mol. The summed E-state index contributed by atoms with van der Waals surface area (Å²) in [6, 6.07) is 24.7. The lowest BCUT2D eigenvalue weighted by Crippen LogP contribution is -2.25. The number of hydrogen-bond donors (Lipinski definition) is 0. The number of ether oxygens (including phenoxy) is 1. The first kappa shape index (κ1) is 23.1. The molecule has 0 saturated heterocycles. The number of ketones is 1. The van der Waals surface area contributed by atoms with Crippen LogP contribution in [0, 0.1) is 11.8 Å². The van der Waals surface area contributed by atoms with Gasteiger partial charge in [0, 0.05) is 29.6 Å². The predicted octanol–water partition coefficient (Wildman–Crippen LogP) is 6.47. The molecule has 35 heavy (non-hydrogen) atoms. The molecule has 4 nitrogen and oxygen atoms in total. The second kappa shape index (κ2) is 9.53. The van der Waals surface area contributed by atoms with E-state index in [2.05, 4.69) is 66.9 Å². The van der Waals surface area contributed by atoms with E-state index in [9.17, 15) is 9.59 Å². The first-order chi connectivity index (χ1) is 17.0. The summed E-state index contributed by atoms with van der Waals surface area (Å²) in [6.45, 7) is 5.02. The topological polar surface area (TPSA) is 48.3 Å². The molecule has 4 heteroatoms. The molecule has 178 valence electrons. The Kier molecular flexibility index (Phi) is 6.29. The van der Waals surface area contributed by atoms with Gasteiger partial charge < -0.3 is 9.30 Å². The predicted molar refractivity (Wildman–Crippen MR) is 139 cm³/mol. The summed E-state index contributed by atoms with van der Waals surface area (Å²) in [4.78, 5) is 26.2. The molecule has 5 rings (SSSR count). The molecule has 1 heterocycles. The highest BCUT2D eigenvalue weighted by atomic mass is 16.5. The number of fused-ring (bicyclic) bond motifs is 3. The van der Waals surface area contributed by atoms with Crippen LogP contribution in [-0.2, 0) is 24.1 Å². The monoisotopic (exact) mass is 465 g/mol. The van der Waals surface area contributed by atoms with Crippen LogP contribution < -0.4 is 0 Å². The van der Waals surface area contributed by atoms with Gasteiger partial charge in [-0.05, 0) is 53.5 Å². The highest BCUT2D eigenvalue weighted by Crippen LogP contribution is 2.39. The molecule has 1 aromatic heterocycles. The van der Waals surface area contributed by atoms with Crippen molar-refractivity contribution >= 4 is 22.7 Å². The Balaban J connectivity index is 1.67. The van der Waals surface area contributed by atoms with Crippen LogP contribution in [0.15, 0.2) is 72.8 Å². The molecule has 1 aliphatic rings. The maximum Gasteiger partial charge on any atom is 0.338 e. The number of carbonyl (C=O) groups is 2. The van der Waals surface area contributed by atoms with Gasteiger partial charge in [0.25, 0.3) is 0 Å². The van der Waals surface area contributed by atoms with Crippen molar-refractivity contribution in [2.24, 2.45) is 11.8 Å². The van der Waals surface area contributed by atoms with Crippen molar-refractivity contribution in [2.45, 2.75) is 39.7 Å². The molecule has 0 spiro atoms. The highest BCUT2D eigenvalue weighted by Gasteiger charge is 2.34. The number of nitrogens with zero attached hydrogens (tertiary/aromatic N) is 1. The number of carbonyl (C=O) groups excluding carboxylic acids is 2. The van der Waals surface area contributed by atoms with Crippen molar-refractivity contribution in [3.05, 3.63) is 106 Å². The van der Waals surface area contributed by atoms with Gasteiger partial charge in [-0.15, -0.1) is 0 Å². The third-order valence-corrected chi connectivity index (χ3v) is 7.41. The molecule has 0 fully saturated rings. The Morgan fingerprint density at radius 3 is 2.37 bits per heavy atom. The molecule has 3 aromatic carbocycles. The smallest absolute Gasteiger partial charge is 0.338 e. The van der Waals surface area contributed by atoms with Crippen LogP contribution in [0.25, 0.3) is 10.9 Å². The van der Waals surface area contributed by atoms with Crippen LogP contribution >= 0.6 is 0 Å². The summed E-state index contributed by atoms with van der Waals surface area (Å²) in [5.41, 5.74) is 6.89. The van der Waals surface area contributed by atoms with Gasteiger partial charge in [0.2, 0.25) is 0 Å². The Morgan fingerprint density at radius 2 is 1.66 bits per heavy atom. The van der Waals surface area contributed by atoms with E-state index in [-0.39, 0.29) is 5.78 Å². The molecule has 0 saturated carbocycles. The molecular formula is C31H31NO3. The van der Waals surface area contributed by atoms with Gasteiger partial charge in [0.15, 0.2) is 5.78 Å². The van der Waals surface area contributed by atoms with E-state index in [1.54, 1.807) is 6.07 Å². The van der Waals surface area contributed by atoms with Crippen molar-refractivity contribution < 1.29 is 14.3 Å². The van der Waals surface area contributed by atoms with E-state index in [1.807, 2.05) is 18.2 Å². The fourth-order valence-electron chi connectivity index (χ4n) is 5.43. The lowest BCUT2D eigenvalue weighted by Gasteiger charge is -2.26. The number of rotatable bonds is 6. The standard InChI is InChI=1S/C31H31NO3/c1-20(2)24-17-27-30(28(33)18-24)29-25(31(34)35-3)14-9-15-26(29)32(27)19-23-13-8-7-12-22(23)16-21-10-5-4-6-11-21/h4-15,20,24H,16-19H2,1-3H3. The van der Waals surface area contributed by atoms with Crippen LogP contribution in [-0.4, -0.2) is 23.4 Å².